The molecule has 0 heterocycles. The van der Waals surface area contributed by atoms with Crippen LogP contribution in [0.4, 0.5) is 5.69 Å². The second-order valence-electron chi connectivity index (χ2n) is 4.63. The molecule has 0 bridgehead atoms. The fourth-order valence-electron chi connectivity index (χ4n) is 2.04. The summed E-state index contributed by atoms with van der Waals surface area (Å²) in [7, 11) is 1.59. The van der Waals surface area contributed by atoms with E-state index >= 15 is 0 Å². The molecule has 0 aromatic heterocycles. The van der Waals surface area contributed by atoms with E-state index in [1.807, 2.05) is 0 Å². The van der Waals surface area contributed by atoms with E-state index in [0.717, 1.165) is 4.47 Å². The Hall–Kier alpha value is -1.21. The van der Waals surface area contributed by atoms with Crippen molar-refractivity contribution in [2.45, 2.75) is 0 Å². The molecule has 0 aliphatic heterocycles. The zero-order chi connectivity index (χ0) is 16.3. The van der Waals surface area contributed by atoms with E-state index in [1.165, 1.54) is 4.90 Å². The van der Waals surface area contributed by atoms with Crippen molar-refractivity contribution >= 4 is 61.9 Å². The summed E-state index contributed by atoms with van der Waals surface area (Å²) in [4.78, 5) is 26.0. The van der Waals surface area contributed by atoms with Crippen molar-refractivity contribution in [2.24, 2.45) is 5.73 Å². The maximum Gasteiger partial charge on any atom is 0.240 e. The minimum Gasteiger partial charge on any atom is -0.322 e. The quantitative estimate of drug-likeness (QED) is 0.703. The first-order chi connectivity index (χ1) is 10.5. The lowest BCUT2D eigenvalue weighted by Crippen LogP contribution is -2.33. The van der Waals surface area contributed by atoms with Gasteiger partial charge < -0.3 is 10.6 Å². The van der Waals surface area contributed by atoms with Crippen molar-refractivity contribution in [2.75, 3.05) is 18.5 Å². The van der Waals surface area contributed by atoms with Gasteiger partial charge in [0.05, 0.1) is 17.3 Å². The standard InChI is InChI=1S/C16H14BrClN2O2.BrH/c1-20(15(21)9-19)14-7-6-10(17)8-12(14)16(22)11-4-2-3-5-13(11)18;/h2-8H,9,19H2,1H3;1H. The molecule has 0 saturated carbocycles. The number of carbonyl (C=O) groups excluding carboxylic acids is 2. The number of ketones is 1. The Morgan fingerprint density at radius 2 is 1.83 bits per heavy atom. The first-order valence-electron chi connectivity index (χ1n) is 6.51. The molecule has 0 fully saturated rings. The Bertz CT molecular complexity index is 738. The van der Waals surface area contributed by atoms with Crippen molar-refractivity contribution in [3.05, 3.63) is 63.1 Å². The van der Waals surface area contributed by atoms with Crippen molar-refractivity contribution in [3.8, 4) is 0 Å². The Morgan fingerprint density at radius 3 is 2.43 bits per heavy atom. The predicted octanol–water partition coefficient (Wildman–Crippen LogP) is 3.83. The molecule has 23 heavy (non-hydrogen) atoms. The monoisotopic (exact) mass is 460 g/mol. The van der Waals surface area contributed by atoms with Gasteiger partial charge in [-0.3, -0.25) is 9.59 Å². The SMILES string of the molecule is Br.CN(C(=O)CN)c1ccc(Br)cc1C(=O)c1ccccc1Cl. The average molecular weight is 463 g/mol. The predicted molar refractivity (Wildman–Crippen MR) is 102 cm³/mol. The highest BCUT2D eigenvalue weighted by molar-refractivity contribution is 9.10. The normalized spacial score (nSPS) is 9.91. The lowest BCUT2D eigenvalue weighted by molar-refractivity contribution is -0.117. The van der Waals surface area contributed by atoms with Crippen LogP contribution in [-0.2, 0) is 4.79 Å². The van der Waals surface area contributed by atoms with Gasteiger partial charge in [0.2, 0.25) is 5.91 Å². The minimum atomic E-state index is -0.282. The van der Waals surface area contributed by atoms with Crippen LogP contribution < -0.4 is 10.6 Å². The molecule has 0 aliphatic carbocycles. The molecule has 0 spiro atoms. The summed E-state index contributed by atoms with van der Waals surface area (Å²) < 4.78 is 0.736. The first kappa shape index (κ1) is 19.8. The molecule has 0 aliphatic rings. The summed E-state index contributed by atoms with van der Waals surface area (Å²) >= 11 is 9.44. The van der Waals surface area contributed by atoms with E-state index in [1.54, 1.807) is 49.5 Å². The summed E-state index contributed by atoms with van der Waals surface area (Å²) in [5.74, 6) is -0.533. The van der Waals surface area contributed by atoms with E-state index in [9.17, 15) is 9.59 Å². The van der Waals surface area contributed by atoms with Crippen molar-refractivity contribution in [1.29, 1.82) is 0 Å². The van der Waals surface area contributed by atoms with Crippen molar-refractivity contribution < 1.29 is 9.59 Å². The lowest BCUT2D eigenvalue weighted by Gasteiger charge is -2.20. The fourth-order valence-corrected chi connectivity index (χ4v) is 2.63. The zero-order valence-corrected chi connectivity index (χ0v) is 16.3. The number of halogens is 3. The average Bonchev–Trinajstić information content (AvgIpc) is 2.53. The van der Waals surface area contributed by atoms with Crippen LogP contribution in [0.5, 0.6) is 0 Å². The smallest absolute Gasteiger partial charge is 0.240 e. The highest BCUT2D eigenvalue weighted by Crippen LogP contribution is 2.28. The van der Waals surface area contributed by atoms with Crippen LogP contribution in [0.15, 0.2) is 46.9 Å². The second-order valence-corrected chi connectivity index (χ2v) is 5.95. The molecule has 0 saturated heterocycles. The van der Waals surface area contributed by atoms with E-state index in [4.69, 9.17) is 17.3 Å². The van der Waals surface area contributed by atoms with Gasteiger partial charge >= 0.3 is 0 Å². The number of likely N-dealkylation sites (N-methyl/N-ethyl adjacent to an activating group) is 1. The number of benzene rings is 2. The highest BCUT2D eigenvalue weighted by atomic mass is 79.9. The van der Waals surface area contributed by atoms with Crippen LogP contribution in [0.3, 0.4) is 0 Å². The Labute approximate surface area is 158 Å². The van der Waals surface area contributed by atoms with Gasteiger partial charge in [-0.15, -0.1) is 17.0 Å². The Morgan fingerprint density at radius 1 is 1.17 bits per heavy atom. The third-order valence-electron chi connectivity index (χ3n) is 3.23. The van der Waals surface area contributed by atoms with E-state index < -0.39 is 0 Å². The van der Waals surface area contributed by atoms with Gasteiger partial charge in [0.25, 0.3) is 0 Å². The molecule has 2 aromatic carbocycles. The summed E-state index contributed by atoms with van der Waals surface area (Å²) in [6.45, 7) is -0.133. The van der Waals surface area contributed by atoms with E-state index in [2.05, 4.69) is 15.9 Å². The lowest BCUT2D eigenvalue weighted by atomic mass is 10.0. The maximum atomic E-state index is 12.8. The molecule has 4 nitrogen and oxygen atoms in total. The third kappa shape index (κ3) is 4.41. The number of hydrogen-bond acceptors (Lipinski definition) is 3. The van der Waals surface area contributed by atoms with E-state index in [0.29, 0.717) is 21.8 Å². The van der Waals surface area contributed by atoms with Gasteiger partial charge in [0.1, 0.15) is 0 Å². The molecule has 0 radical (unpaired) electrons. The summed E-state index contributed by atoms with van der Waals surface area (Å²) in [6, 6.07) is 11.9. The molecule has 2 rings (SSSR count). The molecule has 7 heteroatoms. The molecule has 2 N–H and O–H groups in total. The van der Waals surface area contributed by atoms with Gasteiger partial charge in [-0.1, -0.05) is 39.7 Å². The second kappa shape index (κ2) is 8.59. The summed E-state index contributed by atoms with van der Waals surface area (Å²) in [5, 5.41) is 0.367. The molecule has 122 valence electrons. The number of nitrogens with two attached hydrogens (primary N) is 1. The van der Waals surface area contributed by atoms with Crippen LogP contribution in [0.2, 0.25) is 5.02 Å². The van der Waals surface area contributed by atoms with E-state index in [-0.39, 0.29) is 35.2 Å². The Kier molecular flexibility index (Phi) is 7.41. The van der Waals surface area contributed by atoms with Crippen molar-refractivity contribution in [1.82, 2.24) is 0 Å². The molecule has 1 amide bonds. The third-order valence-corrected chi connectivity index (χ3v) is 4.05. The van der Waals surface area contributed by atoms with Gasteiger partial charge in [-0.2, -0.15) is 0 Å². The Balaban J connectivity index is 0.00000264. The topological polar surface area (TPSA) is 63.4 Å². The van der Waals surface area contributed by atoms with Gasteiger partial charge in [-0.25, -0.2) is 0 Å². The first-order valence-corrected chi connectivity index (χ1v) is 7.68. The molecule has 2 aromatic rings. The van der Waals surface area contributed by atoms with Crippen LogP contribution in [0.1, 0.15) is 15.9 Å². The number of hydrogen-bond donors (Lipinski definition) is 1. The summed E-state index contributed by atoms with van der Waals surface area (Å²) in [6.07, 6.45) is 0. The van der Waals surface area contributed by atoms with Crippen molar-refractivity contribution in [3.63, 3.8) is 0 Å². The van der Waals surface area contributed by atoms with Crippen LogP contribution in [0, 0.1) is 0 Å². The molecular weight excluding hydrogens is 447 g/mol. The number of rotatable bonds is 4. The number of nitrogens with zero attached hydrogens (tertiary/aromatic N) is 1. The molecule has 0 unspecified atom stereocenters. The van der Waals surface area contributed by atoms with Crippen LogP contribution in [-0.4, -0.2) is 25.3 Å². The number of carbonyl (C=O) groups is 2. The highest BCUT2D eigenvalue weighted by Gasteiger charge is 2.20. The van der Waals surface area contributed by atoms with Crippen LogP contribution >= 0.6 is 44.5 Å². The summed E-state index contributed by atoms with van der Waals surface area (Å²) in [5.41, 5.74) is 6.65. The number of amides is 1. The minimum absolute atomic E-state index is 0. The van der Waals surface area contributed by atoms with Gasteiger partial charge in [0.15, 0.2) is 5.78 Å². The molecular formula is C16H15Br2ClN2O2. The number of anilines is 1. The fraction of sp³-hybridized carbons (Fsp3) is 0.125. The molecule has 0 atom stereocenters. The van der Waals surface area contributed by atoms with Crippen LogP contribution in [0.25, 0.3) is 0 Å². The zero-order valence-electron chi connectivity index (χ0n) is 12.3. The van der Waals surface area contributed by atoms with Gasteiger partial charge in [0, 0.05) is 22.6 Å². The largest absolute Gasteiger partial charge is 0.322 e. The van der Waals surface area contributed by atoms with Gasteiger partial charge in [-0.05, 0) is 30.3 Å². The maximum absolute atomic E-state index is 12.8.